The number of hydrogen-bond donors (Lipinski definition) is 2. The Kier molecular flexibility index (Phi) is 3.88. The molecule has 2 aromatic rings. The third kappa shape index (κ3) is 3.15. The van der Waals surface area contributed by atoms with Gasteiger partial charge in [0.2, 0.25) is 0 Å². The second-order valence-electron chi connectivity index (χ2n) is 4.49. The molecule has 1 heterocycles. The van der Waals surface area contributed by atoms with Crippen LogP contribution >= 0.6 is 0 Å². The molecule has 0 radical (unpaired) electrons. The molecule has 2 rings (SSSR count). The predicted octanol–water partition coefficient (Wildman–Crippen LogP) is 2.33. The molecule has 8 heteroatoms. The van der Waals surface area contributed by atoms with Crippen molar-refractivity contribution >= 4 is 22.4 Å². The molecule has 0 aliphatic heterocycles. The van der Waals surface area contributed by atoms with E-state index in [2.05, 4.69) is 10.1 Å². The van der Waals surface area contributed by atoms with Gasteiger partial charge in [0, 0.05) is 18.6 Å². The van der Waals surface area contributed by atoms with Gasteiger partial charge in [-0.1, -0.05) is 23.4 Å². The van der Waals surface area contributed by atoms with Crippen molar-refractivity contribution in [3.05, 3.63) is 36.0 Å². The first-order valence-corrected chi connectivity index (χ1v) is 5.97. The number of amidine groups is 1. The number of para-hydroxylation sites is 1. The summed E-state index contributed by atoms with van der Waals surface area (Å²) in [5, 5.41) is 12.1. The highest BCUT2D eigenvalue weighted by molar-refractivity contribution is 6.08. The van der Waals surface area contributed by atoms with Crippen LogP contribution in [0.5, 0.6) is 0 Å². The van der Waals surface area contributed by atoms with E-state index < -0.39 is 12.7 Å². The fourth-order valence-corrected chi connectivity index (χ4v) is 2.13. The van der Waals surface area contributed by atoms with E-state index in [1.54, 1.807) is 24.3 Å². The molecule has 1 aromatic heterocycles. The Morgan fingerprint density at radius 2 is 2.05 bits per heavy atom. The summed E-state index contributed by atoms with van der Waals surface area (Å²) in [5.74, 6) is -0.294. The molecular weight excluding hydrogens is 285 g/mol. The van der Waals surface area contributed by atoms with Gasteiger partial charge in [-0.25, -0.2) is 0 Å². The summed E-state index contributed by atoms with van der Waals surface area (Å²) in [7, 11) is 1.30. The second-order valence-corrected chi connectivity index (χ2v) is 4.49. The summed E-state index contributed by atoms with van der Waals surface area (Å²) < 4.78 is 37.9. The minimum atomic E-state index is -4.37. The van der Waals surface area contributed by atoms with E-state index in [9.17, 15) is 13.2 Å². The Balaban J connectivity index is 2.66. The highest BCUT2D eigenvalue weighted by Crippen LogP contribution is 2.30. The summed E-state index contributed by atoms with van der Waals surface area (Å²) >= 11 is 0. The number of alkyl halides is 3. The molecule has 0 amide bonds. The van der Waals surface area contributed by atoms with Gasteiger partial charge in [0.25, 0.3) is 0 Å². The van der Waals surface area contributed by atoms with Gasteiger partial charge in [0.1, 0.15) is 6.54 Å². The predicted molar refractivity (Wildman–Crippen MR) is 73.6 cm³/mol. The van der Waals surface area contributed by atoms with Gasteiger partial charge in [-0.3, -0.25) is 4.98 Å². The first-order valence-electron chi connectivity index (χ1n) is 5.97. The lowest BCUT2D eigenvalue weighted by Gasteiger charge is -2.24. The maximum absolute atomic E-state index is 12.6. The van der Waals surface area contributed by atoms with E-state index in [0.717, 1.165) is 4.90 Å². The number of nitrogens with zero attached hydrogens (tertiary/aromatic N) is 3. The number of oxime groups is 1. The smallest absolute Gasteiger partial charge is 0.405 e. The molecule has 0 bridgehead atoms. The maximum Gasteiger partial charge on any atom is 0.405 e. The van der Waals surface area contributed by atoms with E-state index in [-0.39, 0.29) is 17.1 Å². The topological polar surface area (TPSA) is 74.7 Å². The molecule has 0 atom stereocenters. The second kappa shape index (κ2) is 5.47. The number of rotatable bonds is 3. The van der Waals surface area contributed by atoms with Gasteiger partial charge >= 0.3 is 6.18 Å². The van der Waals surface area contributed by atoms with Crippen molar-refractivity contribution in [2.24, 2.45) is 10.9 Å². The summed E-state index contributed by atoms with van der Waals surface area (Å²) in [4.78, 5) is 5.12. The molecule has 0 saturated heterocycles. The SMILES string of the molecule is CN(CC(F)(F)F)c1c(/C(N)=N/O)cnc2ccccc12. The maximum atomic E-state index is 12.6. The van der Waals surface area contributed by atoms with E-state index in [1.165, 1.54) is 13.2 Å². The van der Waals surface area contributed by atoms with Crippen molar-refractivity contribution in [3.63, 3.8) is 0 Å². The van der Waals surface area contributed by atoms with Crippen molar-refractivity contribution in [1.82, 2.24) is 4.98 Å². The Labute approximate surface area is 118 Å². The number of pyridine rings is 1. The van der Waals surface area contributed by atoms with Crippen LogP contribution in [0.4, 0.5) is 18.9 Å². The highest BCUT2D eigenvalue weighted by Gasteiger charge is 2.31. The average molecular weight is 298 g/mol. The van der Waals surface area contributed by atoms with Crippen molar-refractivity contribution in [2.45, 2.75) is 6.18 Å². The van der Waals surface area contributed by atoms with Gasteiger partial charge in [-0.05, 0) is 6.07 Å². The molecule has 112 valence electrons. The molecule has 0 aliphatic rings. The number of aromatic nitrogens is 1. The van der Waals surface area contributed by atoms with Crippen molar-refractivity contribution in [1.29, 1.82) is 0 Å². The van der Waals surface area contributed by atoms with E-state index in [1.807, 2.05) is 0 Å². The van der Waals surface area contributed by atoms with Gasteiger partial charge in [-0.15, -0.1) is 0 Å². The van der Waals surface area contributed by atoms with Crippen LogP contribution in [0.3, 0.4) is 0 Å². The standard InChI is InChI=1S/C13H13F3N4O/c1-20(7-13(14,15)16)11-8-4-2-3-5-10(8)18-6-9(11)12(17)19-21/h2-6,21H,7H2,1H3,(H2,17,19). The van der Waals surface area contributed by atoms with Crippen LogP contribution in [-0.4, -0.2) is 35.8 Å². The minimum absolute atomic E-state index is 0.142. The average Bonchev–Trinajstić information content (AvgIpc) is 2.43. The minimum Gasteiger partial charge on any atom is -0.409 e. The monoisotopic (exact) mass is 298 g/mol. The Morgan fingerprint density at radius 3 is 2.67 bits per heavy atom. The number of fused-ring (bicyclic) bond motifs is 1. The number of anilines is 1. The van der Waals surface area contributed by atoms with E-state index in [4.69, 9.17) is 10.9 Å². The van der Waals surface area contributed by atoms with Crippen molar-refractivity contribution < 1.29 is 18.4 Å². The summed E-state index contributed by atoms with van der Waals surface area (Å²) in [6.07, 6.45) is -3.08. The van der Waals surface area contributed by atoms with E-state index in [0.29, 0.717) is 10.9 Å². The Bertz CT molecular complexity index is 685. The molecule has 0 spiro atoms. The Morgan fingerprint density at radius 1 is 1.38 bits per heavy atom. The van der Waals surface area contributed by atoms with Crippen LogP contribution in [0.1, 0.15) is 5.56 Å². The molecule has 5 nitrogen and oxygen atoms in total. The lowest BCUT2D eigenvalue weighted by atomic mass is 10.1. The molecule has 21 heavy (non-hydrogen) atoms. The summed E-state index contributed by atoms with van der Waals surface area (Å²) in [6, 6.07) is 6.73. The fraction of sp³-hybridized carbons (Fsp3) is 0.231. The number of hydrogen-bond acceptors (Lipinski definition) is 4. The summed E-state index contributed by atoms with van der Waals surface area (Å²) in [5.41, 5.74) is 6.42. The van der Waals surface area contributed by atoms with Crippen LogP contribution in [0.25, 0.3) is 10.9 Å². The van der Waals surface area contributed by atoms with Gasteiger partial charge in [-0.2, -0.15) is 13.2 Å². The summed E-state index contributed by atoms with van der Waals surface area (Å²) in [6.45, 7) is -1.16. The van der Waals surface area contributed by atoms with Gasteiger partial charge in [0.15, 0.2) is 5.84 Å². The zero-order valence-electron chi connectivity index (χ0n) is 11.1. The molecular formula is C13H13F3N4O. The van der Waals surface area contributed by atoms with Crippen LogP contribution in [0.15, 0.2) is 35.6 Å². The third-order valence-electron chi connectivity index (χ3n) is 2.93. The number of nitrogens with two attached hydrogens (primary N) is 1. The molecule has 0 saturated carbocycles. The van der Waals surface area contributed by atoms with Gasteiger partial charge < -0.3 is 15.8 Å². The van der Waals surface area contributed by atoms with Crippen LogP contribution in [0, 0.1) is 0 Å². The zero-order valence-corrected chi connectivity index (χ0v) is 11.1. The lowest BCUT2D eigenvalue weighted by molar-refractivity contribution is -0.119. The van der Waals surface area contributed by atoms with Crippen molar-refractivity contribution in [2.75, 3.05) is 18.5 Å². The Hall–Kier alpha value is -2.51. The first kappa shape index (κ1) is 14.9. The van der Waals surface area contributed by atoms with E-state index >= 15 is 0 Å². The molecule has 0 aliphatic carbocycles. The molecule has 3 N–H and O–H groups in total. The van der Waals surface area contributed by atoms with Crippen LogP contribution < -0.4 is 10.6 Å². The quantitative estimate of drug-likeness (QED) is 0.395. The molecule has 1 aromatic carbocycles. The third-order valence-corrected chi connectivity index (χ3v) is 2.93. The number of benzene rings is 1. The van der Waals surface area contributed by atoms with Crippen LogP contribution in [-0.2, 0) is 0 Å². The first-order chi connectivity index (χ1) is 9.83. The molecule has 0 fully saturated rings. The lowest BCUT2D eigenvalue weighted by Crippen LogP contribution is -2.33. The number of halogens is 3. The normalized spacial score (nSPS) is 12.7. The highest BCUT2D eigenvalue weighted by atomic mass is 19.4. The van der Waals surface area contributed by atoms with Gasteiger partial charge in [0.05, 0.1) is 16.8 Å². The fourth-order valence-electron chi connectivity index (χ4n) is 2.13. The van der Waals surface area contributed by atoms with Crippen molar-refractivity contribution in [3.8, 4) is 0 Å². The van der Waals surface area contributed by atoms with Crippen LogP contribution in [0.2, 0.25) is 0 Å². The zero-order chi connectivity index (χ0) is 15.6. The largest absolute Gasteiger partial charge is 0.409 e. The molecule has 0 unspecified atom stereocenters.